The second-order valence-electron chi connectivity index (χ2n) is 5.88. The molecule has 1 fully saturated rings. The second kappa shape index (κ2) is 4.52. The molecule has 4 rings (SSSR count). The molecule has 2 aromatic carbocycles. The number of Topliss-reactive ketones (excluding diaryl/α,β-unsaturated/α-hetero) is 1. The Balaban J connectivity index is 1.88. The molecule has 0 spiro atoms. The van der Waals surface area contributed by atoms with Gasteiger partial charge in [-0.05, 0) is 31.2 Å². The van der Waals surface area contributed by atoms with E-state index in [9.17, 15) is 9.90 Å². The number of ketones is 1. The van der Waals surface area contributed by atoms with Gasteiger partial charge in [-0.2, -0.15) is 0 Å². The van der Waals surface area contributed by atoms with Crippen LogP contribution in [0.4, 0.5) is 11.4 Å². The number of benzene rings is 2. The van der Waals surface area contributed by atoms with Crippen LogP contribution in [-0.2, 0) is 0 Å². The van der Waals surface area contributed by atoms with Crippen molar-refractivity contribution in [1.29, 1.82) is 0 Å². The zero-order valence-electron chi connectivity index (χ0n) is 12.3. The molecule has 0 unspecified atom stereocenters. The van der Waals surface area contributed by atoms with E-state index in [1.165, 1.54) is 0 Å². The molecular weight excluding hydrogens is 276 g/mol. The van der Waals surface area contributed by atoms with Crippen molar-refractivity contribution in [3.63, 3.8) is 0 Å². The molecule has 2 aliphatic rings. The molecule has 0 radical (unpaired) electrons. The molecule has 1 saturated heterocycles. The SMILES string of the molecule is Cc1ccc2c(c1)C(=O)[C@@]1(O)CCN(c3ccccc3)C1=N2. The molecule has 22 heavy (non-hydrogen) atoms. The molecule has 4 heteroatoms. The van der Waals surface area contributed by atoms with Gasteiger partial charge in [0, 0.05) is 24.2 Å². The Morgan fingerprint density at radius 3 is 2.73 bits per heavy atom. The number of hydrogen-bond donors (Lipinski definition) is 1. The van der Waals surface area contributed by atoms with E-state index in [1.54, 1.807) is 6.07 Å². The van der Waals surface area contributed by atoms with Crippen LogP contribution < -0.4 is 4.90 Å². The van der Waals surface area contributed by atoms with Crippen LogP contribution in [0.1, 0.15) is 22.3 Å². The fraction of sp³-hybridized carbons (Fsp3) is 0.222. The van der Waals surface area contributed by atoms with Crippen LogP contribution in [0.15, 0.2) is 53.5 Å². The average Bonchev–Trinajstić information content (AvgIpc) is 2.88. The molecule has 2 aliphatic heterocycles. The van der Waals surface area contributed by atoms with Gasteiger partial charge >= 0.3 is 0 Å². The second-order valence-corrected chi connectivity index (χ2v) is 5.88. The zero-order chi connectivity index (χ0) is 15.3. The standard InChI is InChI=1S/C18H16N2O2/c1-12-7-8-15-14(11-12)16(21)18(22)9-10-20(17(18)19-15)13-5-3-2-4-6-13/h2-8,11,22H,9-10H2,1H3/t18-/m0/s1. The first-order valence-corrected chi connectivity index (χ1v) is 7.39. The van der Waals surface area contributed by atoms with E-state index in [0.29, 0.717) is 30.1 Å². The van der Waals surface area contributed by atoms with Crippen LogP contribution in [0.3, 0.4) is 0 Å². The third-order valence-corrected chi connectivity index (χ3v) is 4.39. The summed E-state index contributed by atoms with van der Waals surface area (Å²) in [5, 5.41) is 10.9. The average molecular weight is 292 g/mol. The predicted molar refractivity (Wildman–Crippen MR) is 86.0 cm³/mol. The lowest BCUT2D eigenvalue weighted by atomic mass is 9.87. The first-order chi connectivity index (χ1) is 10.6. The highest BCUT2D eigenvalue weighted by atomic mass is 16.3. The summed E-state index contributed by atoms with van der Waals surface area (Å²) in [5.41, 5.74) is 1.59. The Morgan fingerprint density at radius 2 is 1.95 bits per heavy atom. The number of aryl methyl sites for hydroxylation is 1. The van der Waals surface area contributed by atoms with Crippen LogP contribution >= 0.6 is 0 Å². The van der Waals surface area contributed by atoms with Gasteiger partial charge in [0.2, 0.25) is 5.78 Å². The number of fused-ring (bicyclic) bond motifs is 2. The van der Waals surface area contributed by atoms with Gasteiger partial charge in [-0.1, -0.05) is 29.8 Å². The van der Waals surface area contributed by atoms with E-state index in [0.717, 1.165) is 11.3 Å². The van der Waals surface area contributed by atoms with Gasteiger partial charge < -0.3 is 10.0 Å². The van der Waals surface area contributed by atoms with Crippen LogP contribution in [-0.4, -0.2) is 28.9 Å². The summed E-state index contributed by atoms with van der Waals surface area (Å²) in [5.74, 6) is 0.203. The highest BCUT2D eigenvalue weighted by molar-refractivity contribution is 6.28. The number of nitrogens with zero attached hydrogens (tertiary/aromatic N) is 2. The minimum absolute atomic E-state index is 0.241. The zero-order valence-corrected chi connectivity index (χ0v) is 12.3. The van der Waals surface area contributed by atoms with Gasteiger partial charge in [0.15, 0.2) is 5.60 Å². The number of amidine groups is 1. The first kappa shape index (κ1) is 13.2. The van der Waals surface area contributed by atoms with Crippen molar-refractivity contribution < 1.29 is 9.90 Å². The normalized spacial score (nSPS) is 23.1. The number of anilines is 1. The molecule has 1 atom stereocenters. The molecule has 2 heterocycles. The third-order valence-electron chi connectivity index (χ3n) is 4.39. The van der Waals surface area contributed by atoms with E-state index in [1.807, 2.05) is 54.3 Å². The third kappa shape index (κ3) is 1.74. The molecule has 0 saturated carbocycles. The van der Waals surface area contributed by atoms with Gasteiger partial charge in [-0.15, -0.1) is 0 Å². The quantitative estimate of drug-likeness (QED) is 0.879. The maximum Gasteiger partial charge on any atom is 0.204 e. The van der Waals surface area contributed by atoms with Crippen molar-refractivity contribution in [2.45, 2.75) is 18.9 Å². The van der Waals surface area contributed by atoms with E-state index < -0.39 is 5.60 Å². The number of para-hydroxylation sites is 1. The molecule has 0 aliphatic carbocycles. The number of aliphatic hydroxyl groups is 1. The summed E-state index contributed by atoms with van der Waals surface area (Å²) in [6.45, 7) is 2.51. The number of carbonyl (C=O) groups excluding carboxylic acids is 1. The lowest BCUT2D eigenvalue weighted by Gasteiger charge is -2.29. The lowest BCUT2D eigenvalue weighted by molar-refractivity contribution is 0.0602. The Morgan fingerprint density at radius 1 is 1.18 bits per heavy atom. The monoisotopic (exact) mass is 292 g/mol. The maximum absolute atomic E-state index is 12.8. The van der Waals surface area contributed by atoms with Crippen molar-refractivity contribution in [2.75, 3.05) is 11.4 Å². The molecule has 1 N–H and O–H groups in total. The lowest BCUT2D eigenvalue weighted by Crippen LogP contribution is -2.48. The van der Waals surface area contributed by atoms with Crippen LogP contribution in [0.5, 0.6) is 0 Å². The van der Waals surface area contributed by atoms with Crippen molar-refractivity contribution in [1.82, 2.24) is 0 Å². The molecular formula is C18H16N2O2. The summed E-state index contributed by atoms with van der Waals surface area (Å²) < 4.78 is 0. The summed E-state index contributed by atoms with van der Waals surface area (Å²) in [7, 11) is 0. The topological polar surface area (TPSA) is 52.9 Å². The summed E-state index contributed by atoms with van der Waals surface area (Å²) >= 11 is 0. The van der Waals surface area contributed by atoms with Crippen LogP contribution in [0, 0.1) is 6.92 Å². The van der Waals surface area contributed by atoms with Crippen molar-refractivity contribution >= 4 is 23.0 Å². The van der Waals surface area contributed by atoms with Crippen molar-refractivity contribution in [3.8, 4) is 0 Å². The first-order valence-electron chi connectivity index (χ1n) is 7.39. The van der Waals surface area contributed by atoms with Gasteiger partial charge in [0.05, 0.1) is 5.69 Å². The van der Waals surface area contributed by atoms with Gasteiger partial charge in [-0.25, -0.2) is 4.99 Å². The summed E-state index contributed by atoms with van der Waals surface area (Å²) in [6.07, 6.45) is 0.368. The van der Waals surface area contributed by atoms with E-state index >= 15 is 0 Å². The van der Waals surface area contributed by atoms with Gasteiger partial charge in [-0.3, -0.25) is 4.79 Å². The highest BCUT2D eigenvalue weighted by Crippen LogP contribution is 2.39. The molecule has 0 amide bonds. The maximum atomic E-state index is 12.8. The molecule has 2 aromatic rings. The van der Waals surface area contributed by atoms with Crippen LogP contribution in [0.2, 0.25) is 0 Å². The number of rotatable bonds is 1. The Hall–Kier alpha value is -2.46. The fourth-order valence-electron chi connectivity index (χ4n) is 3.21. The Bertz CT molecular complexity index is 798. The molecule has 4 nitrogen and oxygen atoms in total. The van der Waals surface area contributed by atoms with E-state index in [2.05, 4.69) is 4.99 Å². The smallest absolute Gasteiger partial charge is 0.204 e. The van der Waals surface area contributed by atoms with Crippen LogP contribution in [0.25, 0.3) is 0 Å². The summed E-state index contributed by atoms with van der Waals surface area (Å²) in [6, 6.07) is 15.3. The number of carbonyl (C=O) groups is 1. The van der Waals surface area contributed by atoms with Crippen molar-refractivity contribution in [2.24, 2.45) is 4.99 Å². The predicted octanol–water partition coefficient (Wildman–Crippen LogP) is 2.86. The summed E-state index contributed by atoms with van der Waals surface area (Å²) in [4.78, 5) is 19.3. The molecule has 0 aromatic heterocycles. The largest absolute Gasteiger partial charge is 0.374 e. The van der Waals surface area contributed by atoms with Gasteiger partial charge in [0.25, 0.3) is 0 Å². The van der Waals surface area contributed by atoms with E-state index in [4.69, 9.17) is 0 Å². The molecule has 110 valence electrons. The van der Waals surface area contributed by atoms with Crippen molar-refractivity contribution in [3.05, 3.63) is 59.7 Å². The minimum Gasteiger partial charge on any atom is -0.374 e. The minimum atomic E-state index is -1.50. The fourth-order valence-corrected chi connectivity index (χ4v) is 3.21. The number of aliphatic imine (C=N–C) groups is 1. The molecule has 0 bridgehead atoms. The Kier molecular flexibility index (Phi) is 2.71. The highest BCUT2D eigenvalue weighted by Gasteiger charge is 2.52. The number of hydrogen-bond acceptors (Lipinski definition) is 4. The van der Waals surface area contributed by atoms with E-state index in [-0.39, 0.29) is 5.78 Å². The Labute approximate surface area is 128 Å². The van der Waals surface area contributed by atoms with Gasteiger partial charge in [0.1, 0.15) is 5.84 Å².